The predicted molar refractivity (Wildman–Crippen MR) is 69.9 cm³/mol. The number of nitrogens with zero attached hydrogens (tertiary/aromatic N) is 1. The van der Waals surface area contributed by atoms with Crippen LogP contribution in [-0.4, -0.2) is 41.9 Å². The van der Waals surface area contributed by atoms with Gasteiger partial charge in [0.05, 0.1) is 12.6 Å². The summed E-state index contributed by atoms with van der Waals surface area (Å²) in [6, 6.07) is 0. The monoisotopic (exact) mass is 281 g/mol. The zero-order valence-corrected chi connectivity index (χ0v) is 12.1. The molecule has 5 heteroatoms. The molecule has 1 aliphatic carbocycles. The van der Waals surface area contributed by atoms with Crippen LogP contribution in [0.15, 0.2) is 0 Å². The third kappa shape index (κ3) is 5.30. The summed E-state index contributed by atoms with van der Waals surface area (Å²) in [5.41, 5.74) is -0.182. The highest BCUT2D eigenvalue weighted by molar-refractivity contribution is 4.89. The van der Waals surface area contributed by atoms with Gasteiger partial charge in [-0.25, -0.2) is 0 Å². The summed E-state index contributed by atoms with van der Waals surface area (Å²) in [4.78, 5) is 1.44. The molecule has 2 atom stereocenters. The number of rotatable bonds is 5. The quantitative estimate of drug-likeness (QED) is 0.834. The lowest BCUT2D eigenvalue weighted by molar-refractivity contribution is -0.150. The Morgan fingerprint density at radius 3 is 2.47 bits per heavy atom. The van der Waals surface area contributed by atoms with Crippen LogP contribution in [0.2, 0.25) is 0 Å². The maximum absolute atomic E-state index is 12.5. The third-order valence-electron chi connectivity index (χ3n) is 4.08. The molecule has 114 valence electrons. The molecule has 1 saturated carbocycles. The minimum absolute atomic E-state index is 0.0438. The molecule has 1 N–H and O–H groups in total. The fourth-order valence-electron chi connectivity index (χ4n) is 3.09. The SMILES string of the molecule is CCCN(CC1CCCC(C)(C)C1O)CC(F)(F)F. The number of hydrogen-bond acceptors (Lipinski definition) is 2. The van der Waals surface area contributed by atoms with E-state index in [-0.39, 0.29) is 11.3 Å². The second-order valence-corrected chi connectivity index (χ2v) is 6.44. The summed E-state index contributed by atoms with van der Waals surface area (Å²) in [7, 11) is 0. The predicted octanol–water partition coefficient (Wildman–Crippen LogP) is 3.45. The van der Waals surface area contributed by atoms with Crippen LogP contribution < -0.4 is 0 Å². The van der Waals surface area contributed by atoms with Crippen LogP contribution in [0.4, 0.5) is 13.2 Å². The lowest BCUT2D eigenvalue weighted by Crippen LogP contribution is -2.47. The molecule has 2 nitrogen and oxygen atoms in total. The first-order chi connectivity index (χ1) is 8.65. The Morgan fingerprint density at radius 2 is 1.95 bits per heavy atom. The normalized spacial score (nSPS) is 27.8. The molecule has 0 aromatic heterocycles. The van der Waals surface area contributed by atoms with E-state index in [4.69, 9.17) is 0 Å². The minimum atomic E-state index is -4.16. The Kier molecular flexibility index (Phi) is 5.68. The van der Waals surface area contributed by atoms with Crippen molar-refractivity contribution in [1.82, 2.24) is 4.90 Å². The fraction of sp³-hybridized carbons (Fsp3) is 1.00. The molecule has 0 radical (unpaired) electrons. The Balaban J connectivity index is 2.62. The summed E-state index contributed by atoms with van der Waals surface area (Å²) in [6.45, 7) is 5.78. The average molecular weight is 281 g/mol. The van der Waals surface area contributed by atoms with Gasteiger partial charge in [-0.3, -0.25) is 4.90 Å². The van der Waals surface area contributed by atoms with Gasteiger partial charge >= 0.3 is 6.18 Å². The van der Waals surface area contributed by atoms with Crippen molar-refractivity contribution in [3.05, 3.63) is 0 Å². The number of halogens is 3. The highest BCUT2D eigenvalue weighted by Crippen LogP contribution is 2.39. The molecular formula is C14H26F3NO. The second-order valence-electron chi connectivity index (χ2n) is 6.44. The molecule has 0 spiro atoms. The Hall–Kier alpha value is -0.290. The van der Waals surface area contributed by atoms with Gasteiger partial charge in [0.2, 0.25) is 0 Å². The lowest BCUT2D eigenvalue weighted by atomic mass is 9.69. The van der Waals surface area contributed by atoms with Crippen LogP contribution in [0.25, 0.3) is 0 Å². The zero-order valence-electron chi connectivity index (χ0n) is 12.1. The van der Waals surface area contributed by atoms with Crippen LogP contribution in [-0.2, 0) is 0 Å². The van der Waals surface area contributed by atoms with Crippen molar-refractivity contribution in [2.45, 2.75) is 58.7 Å². The summed E-state index contributed by atoms with van der Waals surface area (Å²) >= 11 is 0. The smallest absolute Gasteiger partial charge is 0.392 e. The lowest BCUT2D eigenvalue weighted by Gasteiger charge is -2.42. The molecule has 19 heavy (non-hydrogen) atoms. The van der Waals surface area contributed by atoms with Crippen LogP contribution in [0.1, 0.15) is 46.5 Å². The molecule has 0 bridgehead atoms. The molecule has 0 aromatic carbocycles. The van der Waals surface area contributed by atoms with Gasteiger partial charge in [0.1, 0.15) is 0 Å². The van der Waals surface area contributed by atoms with Crippen LogP contribution in [0, 0.1) is 11.3 Å². The maximum Gasteiger partial charge on any atom is 0.401 e. The molecule has 0 heterocycles. The van der Waals surface area contributed by atoms with Gasteiger partial charge in [-0.05, 0) is 37.1 Å². The van der Waals surface area contributed by atoms with Crippen molar-refractivity contribution in [2.75, 3.05) is 19.6 Å². The van der Waals surface area contributed by atoms with Gasteiger partial charge in [-0.1, -0.05) is 27.2 Å². The van der Waals surface area contributed by atoms with E-state index in [1.165, 1.54) is 4.90 Å². The van der Waals surface area contributed by atoms with Gasteiger partial charge in [-0.2, -0.15) is 13.2 Å². The first-order valence-electron chi connectivity index (χ1n) is 7.13. The van der Waals surface area contributed by atoms with E-state index in [1.807, 2.05) is 20.8 Å². The van der Waals surface area contributed by atoms with E-state index >= 15 is 0 Å². The van der Waals surface area contributed by atoms with Gasteiger partial charge in [0.15, 0.2) is 0 Å². The molecule has 1 rings (SSSR count). The van der Waals surface area contributed by atoms with E-state index in [1.54, 1.807) is 0 Å². The van der Waals surface area contributed by atoms with Gasteiger partial charge < -0.3 is 5.11 Å². The molecule has 1 aliphatic rings. The molecule has 1 fully saturated rings. The Bertz CT molecular complexity index is 278. The zero-order chi connectivity index (χ0) is 14.7. The highest BCUT2D eigenvalue weighted by atomic mass is 19.4. The largest absolute Gasteiger partial charge is 0.401 e. The Labute approximate surface area is 114 Å². The maximum atomic E-state index is 12.5. The summed E-state index contributed by atoms with van der Waals surface area (Å²) in [5.74, 6) is -0.0438. The first kappa shape index (κ1) is 16.8. The van der Waals surface area contributed by atoms with Crippen molar-refractivity contribution in [1.29, 1.82) is 0 Å². The van der Waals surface area contributed by atoms with E-state index in [0.29, 0.717) is 19.5 Å². The van der Waals surface area contributed by atoms with E-state index in [2.05, 4.69) is 0 Å². The summed E-state index contributed by atoms with van der Waals surface area (Å²) in [5, 5.41) is 10.3. The molecule has 0 aliphatic heterocycles. The minimum Gasteiger partial charge on any atom is -0.392 e. The standard InChI is InChI=1S/C14H26F3NO/c1-4-8-18(10-14(15,16)17)9-11-6-5-7-13(2,3)12(11)19/h11-12,19H,4-10H2,1-3H3. The number of aliphatic hydroxyl groups excluding tert-OH is 1. The van der Waals surface area contributed by atoms with Crippen LogP contribution >= 0.6 is 0 Å². The van der Waals surface area contributed by atoms with Crippen molar-refractivity contribution >= 4 is 0 Å². The molecule has 0 amide bonds. The van der Waals surface area contributed by atoms with Crippen molar-refractivity contribution in [3.63, 3.8) is 0 Å². The van der Waals surface area contributed by atoms with Crippen molar-refractivity contribution < 1.29 is 18.3 Å². The first-order valence-corrected chi connectivity index (χ1v) is 7.13. The molecule has 2 unspecified atom stereocenters. The van der Waals surface area contributed by atoms with Crippen LogP contribution in [0.3, 0.4) is 0 Å². The topological polar surface area (TPSA) is 23.5 Å². The summed E-state index contributed by atoms with van der Waals surface area (Å²) < 4.78 is 37.6. The van der Waals surface area contributed by atoms with Gasteiger partial charge in [-0.15, -0.1) is 0 Å². The summed E-state index contributed by atoms with van der Waals surface area (Å²) in [6.07, 6.45) is -1.22. The fourth-order valence-corrected chi connectivity index (χ4v) is 3.09. The second kappa shape index (κ2) is 6.44. The van der Waals surface area contributed by atoms with E-state index in [9.17, 15) is 18.3 Å². The third-order valence-corrected chi connectivity index (χ3v) is 4.08. The van der Waals surface area contributed by atoms with Crippen molar-refractivity contribution in [3.8, 4) is 0 Å². The molecular weight excluding hydrogens is 255 g/mol. The molecule has 0 saturated heterocycles. The number of hydrogen-bond donors (Lipinski definition) is 1. The van der Waals surface area contributed by atoms with Gasteiger partial charge in [0.25, 0.3) is 0 Å². The number of aliphatic hydroxyl groups is 1. The highest BCUT2D eigenvalue weighted by Gasteiger charge is 2.39. The van der Waals surface area contributed by atoms with E-state index < -0.39 is 18.8 Å². The van der Waals surface area contributed by atoms with E-state index in [0.717, 1.165) is 19.3 Å². The Morgan fingerprint density at radius 1 is 1.32 bits per heavy atom. The van der Waals surface area contributed by atoms with Crippen molar-refractivity contribution in [2.24, 2.45) is 11.3 Å². The average Bonchev–Trinajstić information content (AvgIpc) is 2.23. The van der Waals surface area contributed by atoms with Gasteiger partial charge in [0, 0.05) is 6.54 Å². The molecule has 0 aromatic rings. The number of alkyl halides is 3. The van der Waals surface area contributed by atoms with Crippen LogP contribution in [0.5, 0.6) is 0 Å².